The van der Waals surface area contributed by atoms with Crippen molar-refractivity contribution in [2.24, 2.45) is 0 Å². The van der Waals surface area contributed by atoms with Crippen LogP contribution in [0.1, 0.15) is 10.4 Å². The summed E-state index contributed by atoms with van der Waals surface area (Å²) in [5, 5.41) is 3.69. The zero-order chi connectivity index (χ0) is 17.5. The van der Waals surface area contributed by atoms with Gasteiger partial charge in [-0.05, 0) is 47.5 Å². The average molecular weight is 368 g/mol. The molecule has 1 N–H and O–H groups in total. The molecule has 1 amide bonds. The molecule has 0 spiro atoms. The zero-order valence-corrected chi connectivity index (χ0v) is 15.2. The van der Waals surface area contributed by atoms with E-state index < -0.39 is 0 Å². The Morgan fingerprint density at radius 1 is 0.840 bits per heavy atom. The third-order valence-electron chi connectivity index (χ3n) is 3.72. The smallest absolute Gasteiger partial charge is 0.251 e. The van der Waals surface area contributed by atoms with Crippen LogP contribution in [0.15, 0.2) is 83.8 Å². The Morgan fingerprint density at radius 3 is 2.16 bits per heavy atom. The maximum Gasteiger partial charge on any atom is 0.251 e. The minimum absolute atomic E-state index is 0.0451. The minimum atomic E-state index is -0.0451. The van der Waals surface area contributed by atoms with Crippen molar-refractivity contribution >= 4 is 29.3 Å². The van der Waals surface area contributed by atoms with E-state index in [4.69, 9.17) is 11.6 Å². The first-order chi connectivity index (χ1) is 12.2. The molecule has 0 atom stereocenters. The monoisotopic (exact) mass is 367 g/mol. The molecule has 2 nitrogen and oxygen atoms in total. The summed E-state index contributed by atoms with van der Waals surface area (Å²) in [6, 6.07) is 25.5. The van der Waals surface area contributed by atoms with Gasteiger partial charge in [0.25, 0.3) is 5.91 Å². The Hall–Kier alpha value is -2.23. The van der Waals surface area contributed by atoms with Crippen molar-refractivity contribution in [2.75, 3.05) is 12.3 Å². The highest BCUT2D eigenvalue weighted by molar-refractivity contribution is 7.99. The van der Waals surface area contributed by atoms with Crippen LogP contribution in [0, 0.1) is 0 Å². The van der Waals surface area contributed by atoms with Gasteiger partial charge in [-0.2, -0.15) is 0 Å². The Bertz CT molecular complexity index is 817. The predicted molar refractivity (Wildman–Crippen MR) is 106 cm³/mol. The quantitative estimate of drug-likeness (QED) is 0.458. The largest absolute Gasteiger partial charge is 0.351 e. The third-order valence-corrected chi connectivity index (χ3v) is 4.99. The number of amides is 1. The molecule has 3 aromatic carbocycles. The Labute approximate surface area is 157 Å². The summed E-state index contributed by atoms with van der Waals surface area (Å²) in [7, 11) is 0. The van der Waals surface area contributed by atoms with Gasteiger partial charge < -0.3 is 5.32 Å². The van der Waals surface area contributed by atoms with E-state index >= 15 is 0 Å². The van der Waals surface area contributed by atoms with E-state index in [9.17, 15) is 4.79 Å². The molecule has 0 aliphatic rings. The van der Waals surface area contributed by atoms with Crippen LogP contribution < -0.4 is 5.32 Å². The number of rotatable bonds is 6. The molecule has 3 rings (SSSR count). The van der Waals surface area contributed by atoms with Crippen LogP contribution in [-0.2, 0) is 0 Å². The van der Waals surface area contributed by atoms with Gasteiger partial charge in [0.1, 0.15) is 0 Å². The molecule has 25 heavy (non-hydrogen) atoms. The van der Waals surface area contributed by atoms with E-state index in [0.717, 1.165) is 26.8 Å². The molecule has 0 saturated heterocycles. The van der Waals surface area contributed by atoms with Gasteiger partial charge in [0, 0.05) is 27.8 Å². The lowest BCUT2D eigenvalue weighted by atomic mass is 10.0. The molecule has 0 aliphatic carbocycles. The lowest BCUT2D eigenvalue weighted by Gasteiger charge is -2.07. The van der Waals surface area contributed by atoms with Crippen LogP contribution in [0.4, 0.5) is 0 Å². The van der Waals surface area contributed by atoms with Crippen LogP contribution in [-0.4, -0.2) is 18.2 Å². The van der Waals surface area contributed by atoms with Gasteiger partial charge in [-0.3, -0.25) is 4.79 Å². The van der Waals surface area contributed by atoms with Crippen LogP contribution in [0.5, 0.6) is 0 Å². The molecule has 4 heteroatoms. The van der Waals surface area contributed by atoms with Crippen LogP contribution >= 0.6 is 23.4 Å². The molecule has 0 bridgehead atoms. The summed E-state index contributed by atoms with van der Waals surface area (Å²) in [6.45, 7) is 0.618. The fourth-order valence-corrected chi connectivity index (χ4v) is 3.31. The second kappa shape index (κ2) is 8.75. The number of benzene rings is 3. The Kier molecular flexibility index (Phi) is 6.15. The van der Waals surface area contributed by atoms with E-state index in [2.05, 4.69) is 17.4 Å². The third kappa shape index (κ3) is 5.12. The topological polar surface area (TPSA) is 29.1 Å². The maximum atomic E-state index is 12.2. The molecule has 0 heterocycles. The molecular weight excluding hydrogens is 350 g/mol. The SMILES string of the molecule is O=C(NCCSc1ccc(Cl)cc1)c1ccc(-c2ccccc2)cc1. The number of thioether (sulfide) groups is 1. The number of nitrogens with one attached hydrogen (secondary N) is 1. The predicted octanol–water partition coefficient (Wildman–Crippen LogP) is 5.53. The molecule has 0 saturated carbocycles. The summed E-state index contributed by atoms with van der Waals surface area (Å²) in [4.78, 5) is 13.4. The van der Waals surface area contributed by atoms with E-state index in [1.807, 2.05) is 66.7 Å². The lowest BCUT2D eigenvalue weighted by Crippen LogP contribution is -2.25. The number of hydrogen-bond acceptors (Lipinski definition) is 2. The second-order valence-electron chi connectivity index (χ2n) is 5.50. The first kappa shape index (κ1) is 17.6. The van der Waals surface area contributed by atoms with Gasteiger partial charge in [-0.15, -0.1) is 11.8 Å². The van der Waals surface area contributed by atoms with Crippen molar-refractivity contribution in [1.29, 1.82) is 0 Å². The lowest BCUT2D eigenvalue weighted by molar-refractivity contribution is 0.0956. The van der Waals surface area contributed by atoms with E-state index in [0.29, 0.717) is 12.1 Å². The molecule has 0 unspecified atom stereocenters. The highest BCUT2D eigenvalue weighted by atomic mass is 35.5. The molecule has 0 radical (unpaired) electrons. The fraction of sp³-hybridized carbons (Fsp3) is 0.0952. The number of halogens is 1. The average Bonchev–Trinajstić information content (AvgIpc) is 2.67. The molecular formula is C21H18ClNOS. The number of carbonyl (C=O) groups excluding carboxylic acids is 1. The Balaban J connectivity index is 1.49. The van der Waals surface area contributed by atoms with Gasteiger partial charge in [-0.1, -0.05) is 54.1 Å². The molecule has 0 aliphatic heterocycles. The molecule has 126 valence electrons. The zero-order valence-electron chi connectivity index (χ0n) is 13.6. The van der Waals surface area contributed by atoms with E-state index in [1.54, 1.807) is 11.8 Å². The summed E-state index contributed by atoms with van der Waals surface area (Å²) in [5.41, 5.74) is 2.93. The Morgan fingerprint density at radius 2 is 1.48 bits per heavy atom. The molecule has 0 fully saturated rings. The van der Waals surface area contributed by atoms with Crippen molar-refractivity contribution in [2.45, 2.75) is 4.90 Å². The van der Waals surface area contributed by atoms with E-state index in [1.165, 1.54) is 0 Å². The fourth-order valence-electron chi connectivity index (χ4n) is 2.41. The number of hydrogen-bond donors (Lipinski definition) is 1. The molecule has 3 aromatic rings. The van der Waals surface area contributed by atoms with Crippen LogP contribution in [0.3, 0.4) is 0 Å². The first-order valence-electron chi connectivity index (χ1n) is 8.04. The van der Waals surface area contributed by atoms with Crippen molar-refractivity contribution in [3.63, 3.8) is 0 Å². The summed E-state index contributed by atoms with van der Waals surface area (Å²) in [5.74, 6) is 0.770. The summed E-state index contributed by atoms with van der Waals surface area (Å²) < 4.78 is 0. The van der Waals surface area contributed by atoms with Crippen LogP contribution in [0.2, 0.25) is 5.02 Å². The summed E-state index contributed by atoms with van der Waals surface area (Å²) >= 11 is 7.56. The van der Waals surface area contributed by atoms with Crippen molar-refractivity contribution < 1.29 is 4.79 Å². The van der Waals surface area contributed by atoms with E-state index in [-0.39, 0.29) is 5.91 Å². The normalized spacial score (nSPS) is 10.4. The maximum absolute atomic E-state index is 12.2. The van der Waals surface area contributed by atoms with Gasteiger partial charge in [-0.25, -0.2) is 0 Å². The van der Waals surface area contributed by atoms with Gasteiger partial charge in [0.05, 0.1) is 0 Å². The highest BCUT2D eigenvalue weighted by Gasteiger charge is 2.05. The second-order valence-corrected chi connectivity index (χ2v) is 7.11. The standard InChI is InChI=1S/C21H18ClNOS/c22-19-10-12-20(13-11-19)25-15-14-23-21(24)18-8-6-17(7-9-18)16-4-2-1-3-5-16/h1-13H,14-15H2,(H,23,24). The molecule has 0 aromatic heterocycles. The summed E-state index contributed by atoms with van der Waals surface area (Å²) in [6.07, 6.45) is 0. The van der Waals surface area contributed by atoms with Gasteiger partial charge in [0.2, 0.25) is 0 Å². The highest BCUT2D eigenvalue weighted by Crippen LogP contribution is 2.20. The van der Waals surface area contributed by atoms with Crippen LogP contribution in [0.25, 0.3) is 11.1 Å². The minimum Gasteiger partial charge on any atom is -0.351 e. The van der Waals surface area contributed by atoms with Gasteiger partial charge >= 0.3 is 0 Å². The van der Waals surface area contributed by atoms with Crippen molar-refractivity contribution in [3.05, 3.63) is 89.4 Å². The number of carbonyl (C=O) groups is 1. The van der Waals surface area contributed by atoms with Crippen molar-refractivity contribution in [1.82, 2.24) is 5.32 Å². The van der Waals surface area contributed by atoms with Crippen molar-refractivity contribution in [3.8, 4) is 11.1 Å². The first-order valence-corrected chi connectivity index (χ1v) is 9.41. The van der Waals surface area contributed by atoms with Gasteiger partial charge in [0.15, 0.2) is 0 Å².